The van der Waals surface area contributed by atoms with Gasteiger partial charge in [-0.15, -0.1) is 0 Å². The lowest BCUT2D eigenvalue weighted by Crippen LogP contribution is -2.30. The van der Waals surface area contributed by atoms with Crippen LogP contribution in [0.3, 0.4) is 0 Å². The molecule has 1 amide bonds. The van der Waals surface area contributed by atoms with Gasteiger partial charge in [0.25, 0.3) is 0 Å². The van der Waals surface area contributed by atoms with Crippen molar-refractivity contribution < 1.29 is 9.18 Å². The van der Waals surface area contributed by atoms with E-state index in [1.165, 1.54) is 23.8 Å². The number of carbonyl (C=O) groups excluding carboxylic acids is 1. The third-order valence-corrected chi connectivity index (χ3v) is 3.73. The van der Waals surface area contributed by atoms with E-state index in [0.29, 0.717) is 11.6 Å². The van der Waals surface area contributed by atoms with Crippen molar-refractivity contribution in [2.75, 3.05) is 18.9 Å². The molecule has 2 aromatic rings. The Kier molecular flexibility index (Phi) is 6.13. The third kappa shape index (κ3) is 5.34. The summed E-state index contributed by atoms with van der Waals surface area (Å²) in [5.74, 6) is -0.778. The smallest absolute Gasteiger partial charge is 0.238 e. The molecule has 0 spiro atoms. The summed E-state index contributed by atoms with van der Waals surface area (Å²) in [5, 5.41) is 2.93. The molecule has 0 saturated heterocycles. The molecule has 2 aromatic carbocycles. The van der Waals surface area contributed by atoms with Crippen molar-refractivity contribution in [2.45, 2.75) is 19.9 Å². The van der Waals surface area contributed by atoms with Gasteiger partial charge in [-0.05, 0) is 42.8 Å². The predicted octanol–water partition coefficient (Wildman–Crippen LogP) is 4.11. The molecule has 0 atom stereocenters. The number of hydrogen-bond donors (Lipinski definition) is 1. The first-order valence-electron chi connectivity index (χ1n) is 7.49. The Hall–Kier alpha value is -1.91. The topological polar surface area (TPSA) is 32.3 Å². The fraction of sp³-hybridized carbons (Fsp3) is 0.278. The standard InChI is InChI=1S/C18H20ClFN2O/c1-3-13-4-6-14(7-5-13)11-22(2)12-18(23)21-17-10-15(19)8-9-16(17)20/h4-10H,3,11-12H2,1-2H3,(H,21,23). The van der Waals surface area contributed by atoms with Gasteiger partial charge in [-0.25, -0.2) is 4.39 Å². The molecule has 0 heterocycles. The van der Waals surface area contributed by atoms with Gasteiger partial charge in [0.1, 0.15) is 5.82 Å². The van der Waals surface area contributed by atoms with E-state index in [-0.39, 0.29) is 18.1 Å². The minimum absolute atomic E-state index is 0.100. The summed E-state index contributed by atoms with van der Waals surface area (Å²) in [6, 6.07) is 12.4. The van der Waals surface area contributed by atoms with Gasteiger partial charge in [0.2, 0.25) is 5.91 Å². The lowest BCUT2D eigenvalue weighted by molar-refractivity contribution is -0.117. The molecule has 122 valence electrons. The number of carbonyl (C=O) groups is 1. The zero-order chi connectivity index (χ0) is 16.8. The van der Waals surface area contributed by atoms with Gasteiger partial charge >= 0.3 is 0 Å². The quantitative estimate of drug-likeness (QED) is 0.862. The molecule has 0 saturated carbocycles. The summed E-state index contributed by atoms with van der Waals surface area (Å²) in [4.78, 5) is 13.9. The van der Waals surface area contributed by atoms with E-state index >= 15 is 0 Å². The summed E-state index contributed by atoms with van der Waals surface area (Å²) in [6.07, 6.45) is 1.00. The highest BCUT2D eigenvalue weighted by molar-refractivity contribution is 6.30. The normalized spacial score (nSPS) is 10.8. The zero-order valence-corrected chi connectivity index (χ0v) is 14.0. The Labute approximate surface area is 141 Å². The fourth-order valence-electron chi connectivity index (χ4n) is 2.28. The highest BCUT2D eigenvalue weighted by Crippen LogP contribution is 2.19. The molecular weight excluding hydrogens is 315 g/mol. The molecule has 0 aliphatic heterocycles. The van der Waals surface area contributed by atoms with Gasteiger partial charge in [0.05, 0.1) is 12.2 Å². The largest absolute Gasteiger partial charge is 0.322 e. The van der Waals surface area contributed by atoms with Crippen molar-refractivity contribution in [3.63, 3.8) is 0 Å². The molecule has 2 rings (SSSR count). The van der Waals surface area contributed by atoms with E-state index in [4.69, 9.17) is 11.6 Å². The van der Waals surface area contributed by atoms with Crippen LogP contribution in [0, 0.1) is 5.82 Å². The Bertz CT molecular complexity index is 673. The molecule has 1 N–H and O–H groups in total. The van der Waals surface area contributed by atoms with Crippen LogP contribution in [-0.2, 0) is 17.8 Å². The van der Waals surface area contributed by atoms with Crippen LogP contribution < -0.4 is 5.32 Å². The second-order valence-electron chi connectivity index (χ2n) is 5.51. The highest BCUT2D eigenvalue weighted by Gasteiger charge is 2.10. The van der Waals surface area contributed by atoms with E-state index < -0.39 is 5.82 Å². The monoisotopic (exact) mass is 334 g/mol. The van der Waals surface area contributed by atoms with Crippen LogP contribution in [0.1, 0.15) is 18.1 Å². The van der Waals surface area contributed by atoms with Crippen LogP contribution >= 0.6 is 11.6 Å². The van der Waals surface area contributed by atoms with Crippen molar-refractivity contribution in [2.24, 2.45) is 0 Å². The van der Waals surface area contributed by atoms with E-state index in [1.54, 1.807) is 0 Å². The zero-order valence-electron chi connectivity index (χ0n) is 13.3. The van der Waals surface area contributed by atoms with Crippen LogP contribution in [0.2, 0.25) is 5.02 Å². The van der Waals surface area contributed by atoms with Gasteiger partial charge in [-0.2, -0.15) is 0 Å². The number of nitrogens with one attached hydrogen (secondary N) is 1. The summed E-state index contributed by atoms with van der Waals surface area (Å²) in [6.45, 7) is 2.93. The van der Waals surface area contributed by atoms with E-state index in [0.717, 1.165) is 12.0 Å². The van der Waals surface area contributed by atoms with Crippen molar-refractivity contribution in [3.8, 4) is 0 Å². The molecule has 3 nitrogen and oxygen atoms in total. The predicted molar refractivity (Wildman–Crippen MR) is 92.2 cm³/mol. The first-order chi connectivity index (χ1) is 11.0. The molecule has 5 heteroatoms. The summed E-state index contributed by atoms with van der Waals surface area (Å²) in [7, 11) is 1.85. The maximum Gasteiger partial charge on any atom is 0.238 e. The first kappa shape index (κ1) is 17.4. The Morgan fingerprint density at radius 2 is 1.83 bits per heavy atom. The molecule has 0 bridgehead atoms. The van der Waals surface area contributed by atoms with Crippen LogP contribution in [-0.4, -0.2) is 24.4 Å². The van der Waals surface area contributed by atoms with Gasteiger partial charge in [0.15, 0.2) is 0 Å². The van der Waals surface area contributed by atoms with Crippen molar-refractivity contribution >= 4 is 23.2 Å². The van der Waals surface area contributed by atoms with Crippen LogP contribution in [0.25, 0.3) is 0 Å². The summed E-state index contributed by atoms with van der Waals surface area (Å²) < 4.78 is 13.6. The molecule has 0 aliphatic rings. The average Bonchev–Trinajstić information content (AvgIpc) is 2.51. The maximum absolute atomic E-state index is 13.6. The van der Waals surface area contributed by atoms with E-state index in [1.807, 2.05) is 11.9 Å². The summed E-state index contributed by atoms with van der Waals surface area (Å²) >= 11 is 5.81. The van der Waals surface area contributed by atoms with Crippen LogP contribution in [0.4, 0.5) is 10.1 Å². The fourth-order valence-corrected chi connectivity index (χ4v) is 2.45. The number of rotatable bonds is 6. The number of likely N-dealkylation sites (N-methyl/N-ethyl adjacent to an activating group) is 1. The highest BCUT2D eigenvalue weighted by atomic mass is 35.5. The molecule has 0 aliphatic carbocycles. The molecule has 0 unspecified atom stereocenters. The minimum atomic E-state index is -0.499. The number of benzene rings is 2. The minimum Gasteiger partial charge on any atom is -0.322 e. The van der Waals surface area contributed by atoms with Gasteiger partial charge in [-0.1, -0.05) is 42.8 Å². The van der Waals surface area contributed by atoms with E-state index in [9.17, 15) is 9.18 Å². The number of amides is 1. The average molecular weight is 335 g/mol. The van der Waals surface area contributed by atoms with Gasteiger partial charge in [-0.3, -0.25) is 9.69 Å². The lowest BCUT2D eigenvalue weighted by atomic mass is 10.1. The lowest BCUT2D eigenvalue weighted by Gasteiger charge is -2.17. The molecular formula is C18H20ClFN2O. The number of anilines is 1. The van der Waals surface area contributed by atoms with Crippen molar-refractivity contribution in [1.82, 2.24) is 4.90 Å². The number of nitrogens with zero attached hydrogens (tertiary/aromatic N) is 1. The summed E-state index contributed by atoms with van der Waals surface area (Å²) in [5.41, 5.74) is 2.51. The van der Waals surface area contributed by atoms with Crippen molar-refractivity contribution in [3.05, 3.63) is 64.4 Å². The van der Waals surface area contributed by atoms with Crippen molar-refractivity contribution in [1.29, 1.82) is 0 Å². The molecule has 0 aromatic heterocycles. The Balaban J connectivity index is 1.90. The number of halogens is 2. The second-order valence-corrected chi connectivity index (χ2v) is 5.95. The third-order valence-electron chi connectivity index (χ3n) is 3.50. The number of aryl methyl sites for hydroxylation is 1. The number of hydrogen-bond acceptors (Lipinski definition) is 2. The molecule has 0 radical (unpaired) electrons. The SMILES string of the molecule is CCc1ccc(CN(C)CC(=O)Nc2cc(Cl)ccc2F)cc1. The molecule has 23 heavy (non-hydrogen) atoms. The van der Waals surface area contributed by atoms with Gasteiger partial charge < -0.3 is 5.32 Å². The van der Waals surface area contributed by atoms with Crippen LogP contribution in [0.15, 0.2) is 42.5 Å². The second kappa shape index (κ2) is 8.09. The van der Waals surface area contributed by atoms with Crippen LogP contribution in [0.5, 0.6) is 0 Å². The van der Waals surface area contributed by atoms with Gasteiger partial charge in [0, 0.05) is 11.6 Å². The Morgan fingerprint density at radius 1 is 1.17 bits per heavy atom. The molecule has 0 fully saturated rings. The maximum atomic E-state index is 13.6. The van der Waals surface area contributed by atoms with E-state index in [2.05, 4.69) is 36.5 Å². The Morgan fingerprint density at radius 3 is 2.48 bits per heavy atom. The first-order valence-corrected chi connectivity index (χ1v) is 7.87.